The highest BCUT2D eigenvalue weighted by atomic mass is 32.2. The van der Waals surface area contributed by atoms with Crippen molar-refractivity contribution in [2.75, 3.05) is 46.9 Å². The number of likely N-dealkylation sites (N-methyl/N-ethyl adjacent to an activating group) is 1. The first-order valence-corrected chi connectivity index (χ1v) is 13.8. The van der Waals surface area contributed by atoms with E-state index in [9.17, 15) is 13.2 Å². The van der Waals surface area contributed by atoms with E-state index in [1.807, 2.05) is 45.2 Å². The SMILES string of the molecule is COC(=O)CN(Cc1ccc(OCc2nc(-c3ccc(C)cc3)oc2C)cc1)S(=O)(=O)N1CCN(C)CC1. The number of carbonyl (C=O) groups is 1. The fraction of sp³-hybridized carbons (Fsp3) is 0.407. The summed E-state index contributed by atoms with van der Waals surface area (Å²) in [6, 6.07) is 15.1. The van der Waals surface area contributed by atoms with Crippen molar-refractivity contribution in [3.63, 3.8) is 0 Å². The molecule has 1 aliphatic heterocycles. The van der Waals surface area contributed by atoms with Gasteiger partial charge in [-0.15, -0.1) is 0 Å². The van der Waals surface area contributed by atoms with Crippen molar-refractivity contribution >= 4 is 16.2 Å². The molecule has 38 heavy (non-hydrogen) atoms. The Morgan fingerprint density at radius 2 is 1.68 bits per heavy atom. The normalized spacial score (nSPS) is 15.1. The van der Waals surface area contributed by atoms with E-state index in [-0.39, 0.29) is 19.7 Å². The zero-order valence-electron chi connectivity index (χ0n) is 22.2. The van der Waals surface area contributed by atoms with Gasteiger partial charge in [0.05, 0.1) is 7.11 Å². The fourth-order valence-corrected chi connectivity index (χ4v) is 5.57. The molecule has 0 saturated carbocycles. The lowest BCUT2D eigenvalue weighted by molar-refractivity contribution is -0.140. The second-order valence-corrected chi connectivity index (χ2v) is 11.3. The van der Waals surface area contributed by atoms with E-state index in [1.54, 1.807) is 24.3 Å². The largest absolute Gasteiger partial charge is 0.487 e. The Hall–Kier alpha value is -3.25. The first kappa shape index (κ1) is 27.8. The quantitative estimate of drug-likeness (QED) is 0.360. The molecule has 0 atom stereocenters. The van der Waals surface area contributed by atoms with Crippen LogP contribution < -0.4 is 4.74 Å². The van der Waals surface area contributed by atoms with Gasteiger partial charge in [0.15, 0.2) is 0 Å². The Labute approximate surface area is 223 Å². The summed E-state index contributed by atoms with van der Waals surface area (Å²) in [5, 5.41) is 0. The van der Waals surface area contributed by atoms with Gasteiger partial charge in [-0.2, -0.15) is 17.0 Å². The molecule has 0 unspecified atom stereocenters. The molecule has 4 rings (SSSR count). The molecule has 204 valence electrons. The molecule has 0 aliphatic carbocycles. The highest BCUT2D eigenvalue weighted by molar-refractivity contribution is 7.86. The Balaban J connectivity index is 1.41. The molecule has 2 aromatic carbocycles. The molecule has 0 radical (unpaired) electrons. The van der Waals surface area contributed by atoms with Gasteiger partial charge in [-0.05, 0) is 50.7 Å². The van der Waals surface area contributed by atoms with Gasteiger partial charge >= 0.3 is 5.97 Å². The molecule has 11 heteroatoms. The number of esters is 1. The molecule has 1 saturated heterocycles. The average Bonchev–Trinajstić information content (AvgIpc) is 3.28. The van der Waals surface area contributed by atoms with Crippen LogP contribution in [0.2, 0.25) is 0 Å². The van der Waals surface area contributed by atoms with Crippen molar-refractivity contribution in [3.05, 3.63) is 71.1 Å². The molecule has 10 nitrogen and oxygen atoms in total. The molecular weight excluding hydrogens is 508 g/mol. The van der Waals surface area contributed by atoms with Gasteiger partial charge < -0.3 is 18.8 Å². The summed E-state index contributed by atoms with van der Waals surface area (Å²) >= 11 is 0. The van der Waals surface area contributed by atoms with Crippen molar-refractivity contribution < 1.29 is 27.1 Å². The minimum atomic E-state index is -3.85. The van der Waals surface area contributed by atoms with Crippen LogP contribution in [0.1, 0.15) is 22.6 Å². The van der Waals surface area contributed by atoms with E-state index < -0.39 is 16.2 Å². The molecule has 1 aromatic heterocycles. The van der Waals surface area contributed by atoms with E-state index in [4.69, 9.17) is 13.9 Å². The molecule has 2 heterocycles. The summed E-state index contributed by atoms with van der Waals surface area (Å²) in [5.41, 5.74) is 3.48. The number of methoxy groups -OCH3 is 1. The predicted octanol–water partition coefficient (Wildman–Crippen LogP) is 3.00. The van der Waals surface area contributed by atoms with Crippen LogP contribution in [0, 0.1) is 13.8 Å². The third kappa shape index (κ3) is 6.79. The van der Waals surface area contributed by atoms with Crippen molar-refractivity contribution in [2.45, 2.75) is 27.0 Å². The Morgan fingerprint density at radius 1 is 1.03 bits per heavy atom. The summed E-state index contributed by atoms with van der Waals surface area (Å²) < 4.78 is 45.7. The number of piperazine rings is 1. The molecule has 0 spiro atoms. The zero-order chi connectivity index (χ0) is 27.3. The lowest BCUT2D eigenvalue weighted by Crippen LogP contribution is -2.52. The first-order chi connectivity index (χ1) is 18.2. The van der Waals surface area contributed by atoms with Gasteiger partial charge in [-0.1, -0.05) is 29.8 Å². The van der Waals surface area contributed by atoms with Crippen LogP contribution in [0.4, 0.5) is 0 Å². The number of aryl methyl sites for hydroxylation is 2. The van der Waals surface area contributed by atoms with Crippen LogP contribution in [-0.2, 0) is 32.9 Å². The monoisotopic (exact) mass is 542 g/mol. The van der Waals surface area contributed by atoms with Crippen molar-refractivity contribution in [1.29, 1.82) is 0 Å². The maximum absolute atomic E-state index is 13.3. The van der Waals surface area contributed by atoms with Gasteiger partial charge in [0.2, 0.25) is 5.89 Å². The maximum atomic E-state index is 13.3. The molecule has 1 aliphatic rings. The molecule has 1 fully saturated rings. The summed E-state index contributed by atoms with van der Waals surface area (Å²) in [6.45, 7) is 5.79. The summed E-state index contributed by atoms with van der Waals surface area (Å²) in [6.07, 6.45) is 0. The van der Waals surface area contributed by atoms with Crippen LogP contribution in [-0.4, -0.2) is 79.8 Å². The number of ether oxygens (including phenoxy) is 2. The van der Waals surface area contributed by atoms with Crippen molar-refractivity contribution in [1.82, 2.24) is 18.5 Å². The first-order valence-electron chi connectivity index (χ1n) is 12.4. The van der Waals surface area contributed by atoms with Gasteiger partial charge in [-0.3, -0.25) is 4.79 Å². The number of aromatic nitrogens is 1. The number of hydrogen-bond donors (Lipinski definition) is 0. The minimum absolute atomic E-state index is 0.0341. The molecule has 0 N–H and O–H groups in total. The topological polar surface area (TPSA) is 105 Å². The highest BCUT2D eigenvalue weighted by Gasteiger charge is 2.33. The van der Waals surface area contributed by atoms with Crippen molar-refractivity contribution in [3.8, 4) is 17.2 Å². The number of hydrogen-bond acceptors (Lipinski definition) is 8. The zero-order valence-corrected chi connectivity index (χ0v) is 23.0. The van der Waals surface area contributed by atoms with E-state index in [0.717, 1.165) is 21.0 Å². The molecular formula is C27H34N4O6S. The standard InChI is InChI=1S/C27H34N4O6S/c1-20-5-9-23(10-6-20)27-28-25(21(2)37-27)19-36-24-11-7-22(8-12-24)17-31(18-26(32)35-4)38(33,34)30-15-13-29(3)14-16-30/h5-12H,13-19H2,1-4H3. The van der Waals surface area contributed by atoms with Gasteiger partial charge in [0.1, 0.15) is 30.4 Å². The Morgan fingerprint density at radius 3 is 2.32 bits per heavy atom. The summed E-state index contributed by atoms with van der Waals surface area (Å²) in [5.74, 6) is 1.22. The lowest BCUT2D eigenvalue weighted by atomic mass is 10.1. The van der Waals surface area contributed by atoms with E-state index >= 15 is 0 Å². The fourth-order valence-electron chi connectivity index (χ4n) is 4.04. The van der Waals surface area contributed by atoms with E-state index in [1.165, 1.54) is 11.4 Å². The Bertz CT molecular complexity index is 1330. The highest BCUT2D eigenvalue weighted by Crippen LogP contribution is 2.24. The number of rotatable bonds is 10. The van der Waals surface area contributed by atoms with Crippen LogP contribution in [0.3, 0.4) is 0 Å². The van der Waals surface area contributed by atoms with E-state index in [0.29, 0.717) is 49.3 Å². The third-order valence-electron chi connectivity index (χ3n) is 6.50. The Kier molecular flexibility index (Phi) is 8.83. The third-order valence-corrected chi connectivity index (χ3v) is 8.43. The number of oxazole rings is 1. The van der Waals surface area contributed by atoms with Crippen LogP contribution in [0.25, 0.3) is 11.5 Å². The molecule has 3 aromatic rings. The van der Waals surface area contributed by atoms with Gasteiger partial charge in [0, 0.05) is 38.3 Å². The number of nitrogens with zero attached hydrogens (tertiary/aromatic N) is 4. The summed E-state index contributed by atoms with van der Waals surface area (Å²) in [7, 11) is -0.649. The van der Waals surface area contributed by atoms with Crippen molar-refractivity contribution in [2.24, 2.45) is 0 Å². The van der Waals surface area contributed by atoms with Gasteiger partial charge in [-0.25, -0.2) is 4.98 Å². The predicted molar refractivity (Wildman–Crippen MR) is 143 cm³/mol. The van der Waals surface area contributed by atoms with Crippen LogP contribution in [0.15, 0.2) is 52.9 Å². The maximum Gasteiger partial charge on any atom is 0.321 e. The van der Waals surface area contributed by atoms with Crippen LogP contribution in [0.5, 0.6) is 5.75 Å². The number of benzene rings is 2. The summed E-state index contributed by atoms with van der Waals surface area (Å²) in [4.78, 5) is 18.7. The second-order valence-electron chi connectivity index (χ2n) is 9.37. The second kappa shape index (κ2) is 12.1. The molecule has 0 bridgehead atoms. The minimum Gasteiger partial charge on any atom is -0.487 e. The molecule has 0 amide bonds. The smallest absolute Gasteiger partial charge is 0.321 e. The number of carbonyl (C=O) groups excluding carboxylic acids is 1. The van der Waals surface area contributed by atoms with Crippen LogP contribution >= 0.6 is 0 Å². The average molecular weight is 543 g/mol. The van der Waals surface area contributed by atoms with Gasteiger partial charge in [0.25, 0.3) is 10.2 Å². The van der Waals surface area contributed by atoms with E-state index in [2.05, 4.69) is 9.88 Å². The lowest BCUT2D eigenvalue weighted by Gasteiger charge is -2.35.